The maximum absolute atomic E-state index is 12.9. The number of hydrogen-bond donors (Lipinski definition) is 1. The molecule has 2 atom stereocenters. The molecule has 0 aliphatic carbocycles. The summed E-state index contributed by atoms with van der Waals surface area (Å²) in [5, 5.41) is 5.04. The van der Waals surface area contributed by atoms with Gasteiger partial charge in [-0.15, -0.1) is 0 Å². The summed E-state index contributed by atoms with van der Waals surface area (Å²) in [5.74, 6) is 1.01. The van der Waals surface area contributed by atoms with Crippen molar-refractivity contribution in [2.24, 2.45) is 5.92 Å². The first-order valence-corrected chi connectivity index (χ1v) is 11.6. The van der Waals surface area contributed by atoms with Gasteiger partial charge in [0.15, 0.2) is 5.78 Å². The van der Waals surface area contributed by atoms with E-state index in [1.54, 1.807) is 13.2 Å². The molecule has 0 aliphatic rings. The Morgan fingerprint density at radius 1 is 1.00 bits per heavy atom. The number of carbonyl (C=O) groups excluding carboxylic acids is 2. The van der Waals surface area contributed by atoms with Crippen molar-refractivity contribution in [2.45, 2.75) is 39.5 Å². The first-order valence-electron chi connectivity index (χ1n) is 11.6. The Bertz CT molecular complexity index is 1130. The summed E-state index contributed by atoms with van der Waals surface area (Å²) in [6, 6.07) is 19.8. The summed E-state index contributed by atoms with van der Waals surface area (Å²) in [5.41, 5.74) is 2.69. The van der Waals surface area contributed by atoms with E-state index in [9.17, 15) is 9.59 Å². The van der Waals surface area contributed by atoms with Crippen LogP contribution in [0.3, 0.4) is 0 Å². The number of carbonyl (C=O) groups is 2. The highest BCUT2D eigenvalue weighted by atomic mass is 16.5. The van der Waals surface area contributed by atoms with Crippen molar-refractivity contribution in [2.75, 3.05) is 13.7 Å². The molecule has 3 aromatic rings. The molecule has 3 aromatic carbocycles. The Morgan fingerprint density at radius 3 is 2.39 bits per heavy atom. The molecule has 0 aliphatic heterocycles. The number of ether oxygens (including phenoxy) is 1. The topological polar surface area (TPSA) is 55.4 Å². The van der Waals surface area contributed by atoms with Crippen LogP contribution in [0.2, 0.25) is 0 Å². The number of rotatable bonds is 10. The van der Waals surface area contributed by atoms with Gasteiger partial charge in [-0.2, -0.15) is 0 Å². The molecule has 3 rings (SSSR count). The van der Waals surface area contributed by atoms with Gasteiger partial charge < -0.3 is 10.1 Å². The fourth-order valence-corrected chi connectivity index (χ4v) is 4.22. The van der Waals surface area contributed by atoms with Gasteiger partial charge >= 0.3 is 0 Å². The molecule has 172 valence electrons. The van der Waals surface area contributed by atoms with Gasteiger partial charge in [0.05, 0.1) is 7.11 Å². The van der Waals surface area contributed by atoms with Crippen molar-refractivity contribution in [1.82, 2.24) is 5.32 Å². The molecule has 0 aromatic heterocycles. The zero-order chi connectivity index (χ0) is 23.8. The number of allylic oxidation sites excluding steroid dienone is 1. The fraction of sp³-hybridized carbons (Fsp3) is 0.310. The Morgan fingerprint density at radius 2 is 1.73 bits per heavy atom. The second kappa shape index (κ2) is 11.5. The van der Waals surface area contributed by atoms with Crippen LogP contribution in [0.25, 0.3) is 16.8 Å². The van der Waals surface area contributed by atoms with Gasteiger partial charge in [-0.3, -0.25) is 9.59 Å². The van der Waals surface area contributed by atoms with E-state index in [1.165, 1.54) is 0 Å². The summed E-state index contributed by atoms with van der Waals surface area (Å²) in [6.45, 7) is 6.68. The van der Waals surface area contributed by atoms with Gasteiger partial charge in [0.2, 0.25) is 5.91 Å². The molecular weight excluding hydrogens is 410 g/mol. The normalized spacial score (nSPS) is 13.1. The van der Waals surface area contributed by atoms with E-state index >= 15 is 0 Å². The van der Waals surface area contributed by atoms with Crippen molar-refractivity contribution in [1.29, 1.82) is 0 Å². The van der Waals surface area contributed by atoms with Crippen molar-refractivity contribution in [3.05, 3.63) is 83.4 Å². The zero-order valence-electron chi connectivity index (χ0n) is 19.9. The van der Waals surface area contributed by atoms with Crippen molar-refractivity contribution in [3.8, 4) is 5.75 Å². The molecule has 1 amide bonds. The summed E-state index contributed by atoms with van der Waals surface area (Å²) < 4.78 is 5.52. The van der Waals surface area contributed by atoms with Crippen LogP contribution >= 0.6 is 0 Å². The molecule has 0 saturated heterocycles. The van der Waals surface area contributed by atoms with E-state index in [2.05, 4.69) is 12.2 Å². The highest BCUT2D eigenvalue weighted by Crippen LogP contribution is 2.30. The number of benzene rings is 3. The van der Waals surface area contributed by atoms with E-state index in [0.717, 1.165) is 40.5 Å². The largest absolute Gasteiger partial charge is 0.496 e. The number of ketones is 1. The third kappa shape index (κ3) is 5.89. The molecule has 0 spiro atoms. The smallest absolute Gasteiger partial charge is 0.222 e. The van der Waals surface area contributed by atoms with Gasteiger partial charge in [0.25, 0.3) is 0 Å². The minimum Gasteiger partial charge on any atom is -0.496 e. The van der Waals surface area contributed by atoms with Crippen molar-refractivity contribution in [3.63, 3.8) is 0 Å². The number of fused-ring (bicyclic) bond motifs is 1. The predicted octanol–water partition coefficient (Wildman–Crippen LogP) is 6.40. The molecule has 4 heteroatoms. The van der Waals surface area contributed by atoms with Crippen LogP contribution in [0, 0.1) is 5.92 Å². The predicted molar refractivity (Wildman–Crippen MR) is 136 cm³/mol. The second-order valence-corrected chi connectivity index (χ2v) is 8.36. The molecule has 33 heavy (non-hydrogen) atoms. The molecule has 0 bridgehead atoms. The summed E-state index contributed by atoms with van der Waals surface area (Å²) in [7, 11) is 1.64. The maximum Gasteiger partial charge on any atom is 0.222 e. The lowest BCUT2D eigenvalue weighted by atomic mass is 9.86. The lowest BCUT2D eigenvalue weighted by molar-refractivity contribution is -0.124. The van der Waals surface area contributed by atoms with Crippen LogP contribution in [-0.4, -0.2) is 25.3 Å². The summed E-state index contributed by atoms with van der Waals surface area (Å²) in [4.78, 5) is 25.0. The molecule has 0 radical (unpaired) electrons. The second-order valence-electron chi connectivity index (χ2n) is 8.36. The Hall–Kier alpha value is -3.40. The highest BCUT2D eigenvalue weighted by molar-refractivity contribution is 6.08. The van der Waals surface area contributed by atoms with Crippen LogP contribution in [0.4, 0.5) is 0 Å². The molecule has 0 fully saturated rings. The van der Waals surface area contributed by atoms with Crippen LogP contribution < -0.4 is 10.1 Å². The SMILES string of the molecule is CCNC(=O)C(C)CC(CC)c1ccc(C(=O)/C=C/c2c(OC)ccc3ccccc23)cc1. The number of methoxy groups -OCH3 is 1. The number of nitrogens with one attached hydrogen (secondary N) is 1. The van der Waals surface area contributed by atoms with E-state index in [4.69, 9.17) is 4.74 Å². The first kappa shape index (κ1) is 24.2. The average Bonchev–Trinajstić information content (AvgIpc) is 2.85. The van der Waals surface area contributed by atoms with Gasteiger partial charge in [0, 0.05) is 23.6 Å². The number of amides is 1. The quantitative estimate of drug-likeness (QED) is 0.291. The third-order valence-electron chi connectivity index (χ3n) is 6.15. The molecule has 0 saturated carbocycles. The fourth-order valence-electron chi connectivity index (χ4n) is 4.22. The lowest BCUT2D eigenvalue weighted by Gasteiger charge is -2.20. The highest BCUT2D eigenvalue weighted by Gasteiger charge is 2.19. The molecule has 0 heterocycles. The van der Waals surface area contributed by atoms with E-state index < -0.39 is 0 Å². The first-order chi connectivity index (χ1) is 16.0. The van der Waals surface area contributed by atoms with Crippen LogP contribution in [0.15, 0.2) is 66.7 Å². The van der Waals surface area contributed by atoms with Crippen molar-refractivity contribution >= 4 is 28.5 Å². The summed E-state index contributed by atoms with van der Waals surface area (Å²) >= 11 is 0. The van der Waals surface area contributed by atoms with Gasteiger partial charge in [-0.1, -0.05) is 68.4 Å². The molecule has 2 unspecified atom stereocenters. The lowest BCUT2D eigenvalue weighted by Crippen LogP contribution is -2.29. The maximum atomic E-state index is 12.9. The standard InChI is InChI=1S/C29H33NO3/c1-5-21(19-20(3)29(32)30-6-2)22-11-13-24(14-12-22)27(31)17-16-26-25-10-8-7-9-23(25)15-18-28(26)33-4/h7-18,20-21H,5-6,19H2,1-4H3,(H,30,32)/b17-16+. The molecule has 4 nitrogen and oxygen atoms in total. The van der Waals surface area contributed by atoms with E-state index in [0.29, 0.717) is 12.1 Å². The van der Waals surface area contributed by atoms with Crippen LogP contribution in [0.5, 0.6) is 5.75 Å². The molecule has 1 N–H and O–H groups in total. The Labute approximate surface area is 196 Å². The van der Waals surface area contributed by atoms with Gasteiger partial charge in [-0.25, -0.2) is 0 Å². The zero-order valence-corrected chi connectivity index (χ0v) is 19.9. The Balaban J connectivity index is 1.76. The van der Waals surface area contributed by atoms with Crippen LogP contribution in [-0.2, 0) is 4.79 Å². The van der Waals surface area contributed by atoms with Gasteiger partial charge in [0.1, 0.15) is 5.75 Å². The van der Waals surface area contributed by atoms with Gasteiger partial charge in [-0.05, 0) is 60.2 Å². The monoisotopic (exact) mass is 443 g/mol. The number of hydrogen-bond acceptors (Lipinski definition) is 3. The molecular formula is C29H33NO3. The van der Waals surface area contributed by atoms with Crippen LogP contribution in [0.1, 0.15) is 61.0 Å². The third-order valence-corrected chi connectivity index (χ3v) is 6.15. The van der Waals surface area contributed by atoms with E-state index in [-0.39, 0.29) is 23.5 Å². The van der Waals surface area contributed by atoms with Crippen molar-refractivity contribution < 1.29 is 14.3 Å². The summed E-state index contributed by atoms with van der Waals surface area (Å²) in [6.07, 6.45) is 5.17. The van der Waals surface area contributed by atoms with E-state index in [1.807, 2.05) is 80.6 Å². The minimum absolute atomic E-state index is 0.0465. The Kier molecular flexibility index (Phi) is 8.42. The minimum atomic E-state index is -0.0553. The average molecular weight is 444 g/mol.